The number of methoxy groups -OCH3 is 1. The van der Waals surface area contributed by atoms with Crippen molar-refractivity contribution in [3.05, 3.63) is 29.8 Å². The van der Waals surface area contributed by atoms with E-state index in [-0.39, 0.29) is 5.91 Å². The number of nitrogens with zero attached hydrogens (tertiary/aromatic N) is 1. The Morgan fingerprint density at radius 3 is 2.70 bits per heavy atom. The van der Waals surface area contributed by atoms with Crippen molar-refractivity contribution in [3.63, 3.8) is 0 Å². The number of nitrogens with two attached hydrogens (primary N) is 1. The summed E-state index contributed by atoms with van der Waals surface area (Å²) < 4.78 is 5.18. The van der Waals surface area contributed by atoms with Gasteiger partial charge in [-0.25, -0.2) is 0 Å². The van der Waals surface area contributed by atoms with Gasteiger partial charge in [0.2, 0.25) is 5.91 Å². The summed E-state index contributed by atoms with van der Waals surface area (Å²) in [4.78, 5) is 14.1. The van der Waals surface area contributed by atoms with Gasteiger partial charge in [-0.15, -0.1) is 0 Å². The highest BCUT2D eigenvalue weighted by Crippen LogP contribution is 2.32. The second-order valence-electron chi connectivity index (χ2n) is 5.49. The van der Waals surface area contributed by atoms with Crippen molar-refractivity contribution in [2.75, 3.05) is 20.2 Å². The predicted molar refractivity (Wildman–Crippen MR) is 79.8 cm³/mol. The van der Waals surface area contributed by atoms with Crippen LogP contribution in [0.2, 0.25) is 0 Å². The molecule has 2 rings (SSSR count). The Kier molecular flexibility index (Phi) is 5.01. The highest BCUT2D eigenvalue weighted by atomic mass is 16.5. The topological polar surface area (TPSA) is 55.6 Å². The molecule has 1 aromatic rings. The summed E-state index contributed by atoms with van der Waals surface area (Å²) in [7, 11) is 1.67. The molecule has 4 heteroatoms. The first-order valence-electron chi connectivity index (χ1n) is 7.29. The summed E-state index contributed by atoms with van der Waals surface area (Å²) in [5.74, 6) is 1.53. The molecule has 0 bridgehead atoms. The van der Waals surface area contributed by atoms with Gasteiger partial charge in [0.25, 0.3) is 0 Å². The molecule has 1 aliphatic rings. The van der Waals surface area contributed by atoms with Crippen molar-refractivity contribution >= 4 is 5.91 Å². The maximum absolute atomic E-state index is 12.1. The first-order chi connectivity index (χ1) is 9.65. The fourth-order valence-corrected chi connectivity index (χ4v) is 2.89. The van der Waals surface area contributed by atoms with E-state index in [0.29, 0.717) is 24.9 Å². The SMILES string of the molecule is COc1ccc([C@@H]2C[C@H](C)N(C(=O)CCCN)C2)cc1. The van der Waals surface area contributed by atoms with E-state index >= 15 is 0 Å². The van der Waals surface area contributed by atoms with E-state index in [4.69, 9.17) is 10.5 Å². The van der Waals surface area contributed by atoms with Crippen LogP contribution in [0.4, 0.5) is 0 Å². The largest absolute Gasteiger partial charge is 0.497 e. The van der Waals surface area contributed by atoms with Crippen molar-refractivity contribution in [2.24, 2.45) is 5.73 Å². The van der Waals surface area contributed by atoms with Crippen molar-refractivity contribution in [1.29, 1.82) is 0 Å². The molecule has 0 aromatic heterocycles. The second kappa shape index (κ2) is 6.75. The molecule has 1 saturated heterocycles. The van der Waals surface area contributed by atoms with E-state index < -0.39 is 0 Å². The Morgan fingerprint density at radius 1 is 1.40 bits per heavy atom. The number of rotatable bonds is 5. The van der Waals surface area contributed by atoms with Crippen LogP contribution in [0.3, 0.4) is 0 Å². The van der Waals surface area contributed by atoms with E-state index in [2.05, 4.69) is 19.1 Å². The summed E-state index contributed by atoms with van der Waals surface area (Å²) in [5.41, 5.74) is 6.76. The van der Waals surface area contributed by atoms with Gasteiger partial charge in [0.05, 0.1) is 7.11 Å². The highest BCUT2D eigenvalue weighted by molar-refractivity contribution is 5.77. The number of likely N-dealkylation sites (tertiary alicyclic amines) is 1. The van der Waals surface area contributed by atoms with Gasteiger partial charge >= 0.3 is 0 Å². The molecule has 0 unspecified atom stereocenters. The summed E-state index contributed by atoms with van der Waals surface area (Å²) >= 11 is 0. The van der Waals surface area contributed by atoms with E-state index in [1.807, 2.05) is 17.0 Å². The van der Waals surface area contributed by atoms with Gasteiger partial charge in [-0.3, -0.25) is 4.79 Å². The van der Waals surface area contributed by atoms with Gasteiger partial charge in [0, 0.05) is 24.9 Å². The maximum atomic E-state index is 12.1. The van der Waals surface area contributed by atoms with Gasteiger partial charge < -0.3 is 15.4 Å². The van der Waals surface area contributed by atoms with Crippen molar-refractivity contribution in [2.45, 2.75) is 38.1 Å². The van der Waals surface area contributed by atoms with Crippen LogP contribution < -0.4 is 10.5 Å². The van der Waals surface area contributed by atoms with Crippen LogP contribution in [0.5, 0.6) is 5.75 Å². The molecule has 1 aromatic carbocycles. The highest BCUT2D eigenvalue weighted by Gasteiger charge is 2.32. The molecule has 0 spiro atoms. The van der Waals surface area contributed by atoms with Crippen LogP contribution in [-0.4, -0.2) is 37.0 Å². The molecule has 2 atom stereocenters. The molecule has 1 aliphatic heterocycles. The molecule has 110 valence electrons. The van der Waals surface area contributed by atoms with Gasteiger partial charge in [-0.2, -0.15) is 0 Å². The summed E-state index contributed by atoms with van der Waals surface area (Å²) in [6.45, 7) is 3.52. The molecule has 1 heterocycles. The molecule has 2 N–H and O–H groups in total. The quantitative estimate of drug-likeness (QED) is 0.896. The first-order valence-corrected chi connectivity index (χ1v) is 7.29. The van der Waals surface area contributed by atoms with Gasteiger partial charge in [-0.1, -0.05) is 12.1 Å². The van der Waals surface area contributed by atoms with E-state index in [9.17, 15) is 4.79 Å². The monoisotopic (exact) mass is 276 g/mol. The molecular weight excluding hydrogens is 252 g/mol. The Hall–Kier alpha value is -1.55. The lowest BCUT2D eigenvalue weighted by Crippen LogP contribution is -2.34. The number of benzene rings is 1. The maximum Gasteiger partial charge on any atom is 0.222 e. The van der Waals surface area contributed by atoms with E-state index in [1.54, 1.807) is 7.11 Å². The molecule has 20 heavy (non-hydrogen) atoms. The minimum atomic E-state index is 0.235. The minimum absolute atomic E-state index is 0.235. The minimum Gasteiger partial charge on any atom is -0.497 e. The number of amides is 1. The number of hydrogen-bond donors (Lipinski definition) is 1. The zero-order valence-corrected chi connectivity index (χ0v) is 12.3. The number of carbonyl (C=O) groups excluding carboxylic acids is 1. The summed E-state index contributed by atoms with van der Waals surface area (Å²) in [6, 6.07) is 8.48. The Morgan fingerprint density at radius 2 is 2.10 bits per heavy atom. The van der Waals surface area contributed by atoms with Crippen LogP contribution in [0, 0.1) is 0 Å². The third-order valence-electron chi connectivity index (χ3n) is 4.08. The first kappa shape index (κ1) is 14.9. The predicted octanol–water partition coefficient (Wildman–Crippen LogP) is 2.14. The van der Waals surface area contributed by atoms with Gasteiger partial charge in [0.15, 0.2) is 0 Å². The molecule has 0 radical (unpaired) electrons. The lowest BCUT2D eigenvalue weighted by Gasteiger charge is -2.21. The standard InChI is InChI=1S/C16H24N2O2/c1-12-10-14(11-18(12)16(19)4-3-9-17)13-5-7-15(20-2)8-6-13/h5-8,12,14H,3-4,9-11,17H2,1-2H3/t12-,14+/m0/s1. The van der Waals surface area contributed by atoms with Gasteiger partial charge in [-0.05, 0) is 44.0 Å². The number of ether oxygens (including phenoxy) is 1. The van der Waals surface area contributed by atoms with Crippen molar-refractivity contribution in [3.8, 4) is 5.75 Å². The fourth-order valence-electron chi connectivity index (χ4n) is 2.89. The molecule has 1 fully saturated rings. The van der Waals surface area contributed by atoms with Crippen LogP contribution in [0.1, 0.15) is 37.7 Å². The van der Waals surface area contributed by atoms with Crippen LogP contribution in [0.25, 0.3) is 0 Å². The number of carbonyl (C=O) groups is 1. The van der Waals surface area contributed by atoms with E-state index in [0.717, 1.165) is 25.1 Å². The molecular formula is C16H24N2O2. The molecule has 1 amide bonds. The zero-order chi connectivity index (χ0) is 14.5. The lowest BCUT2D eigenvalue weighted by atomic mass is 9.97. The normalized spacial score (nSPS) is 22.1. The molecule has 0 aliphatic carbocycles. The Balaban J connectivity index is 2.00. The van der Waals surface area contributed by atoms with Gasteiger partial charge in [0.1, 0.15) is 5.75 Å². The van der Waals surface area contributed by atoms with Crippen molar-refractivity contribution in [1.82, 2.24) is 4.90 Å². The van der Waals surface area contributed by atoms with E-state index in [1.165, 1.54) is 5.56 Å². The number of hydrogen-bond acceptors (Lipinski definition) is 3. The summed E-state index contributed by atoms with van der Waals surface area (Å²) in [6.07, 6.45) is 2.37. The third kappa shape index (κ3) is 3.31. The van der Waals surface area contributed by atoms with Crippen LogP contribution in [0.15, 0.2) is 24.3 Å². The van der Waals surface area contributed by atoms with Crippen LogP contribution >= 0.6 is 0 Å². The smallest absolute Gasteiger partial charge is 0.222 e. The lowest BCUT2D eigenvalue weighted by molar-refractivity contribution is -0.131. The molecule has 0 saturated carbocycles. The molecule has 4 nitrogen and oxygen atoms in total. The van der Waals surface area contributed by atoms with Crippen LogP contribution in [-0.2, 0) is 4.79 Å². The Labute approximate surface area is 120 Å². The Bertz CT molecular complexity index is 444. The average molecular weight is 276 g/mol. The van der Waals surface area contributed by atoms with Crippen molar-refractivity contribution < 1.29 is 9.53 Å². The fraction of sp³-hybridized carbons (Fsp3) is 0.562. The third-order valence-corrected chi connectivity index (χ3v) is 4.08. The zero-order valence-electron chi connectivity index (χ0n) is 12.3. The summed E-state index contributed by atoms with van der Waals surface area (Å²) in [5, 5.41) is 0. The average Bonchev–Trinajstić information content (AvgIpc) is 2.87. The second-order valence-corrected chi connectivity index (χ2v) is 5.49.